The lowest BCUT2D eigenvalue weighted by atomic mass is 9.79. The lowest BCUT2D eigenvalue weighted by Gasteiger charge is -2.41. The number of guanidine groups is 1. The van der Waals surface area contributed by atoms with Crippen LogP contribution in [0.4, 0.5) is 0 Å². The van der Waals surface area contributed by atoms with E-state index in [9.17, 15) is 13.2 Å². The second kappa shape index (κ2) is 7.72. The summed E-state index contributed by atoms with van der Waals surface area (Å²) in [5.41, 5.74) is 0.0494. The van der Waals surface area contributed by atoms with Gasteiger partial charge in [0, 0.05) is 58.2 Å². The Balaban J connectivity index is 1.50. The minimum absolute atomic E-state index is 0.0494. The van der Waals surface area contributed by atoms with Crippen LogP contribution in [0.3, 0.4) is 0 Å². The Morgan fingerprint density at radius 3 is 2.65 bits per heavy atom. The predicted octanol–water partition coefficient (Wildman–Crippen LogP) is -0.164. The molecule has 1 unspecified atom stereocenters. The Morgan fingerprint density at radius 1 is 1.35 bits per heavy atom. The highest BCUT2D eigenvalue weighted by atomic mass is 32.2. The summed E-state index contributed by atoms with van der Waals surface area (Å²) in [5.74, 6) is 1.51. The molecule has 3 rings (SSSR count). The highest BCUT2D eigenvalue weighted by Gasteiger charge is 2.42. The number of hydrogen-bond donors (Lipinski definition) is 2. The molecule has 3 heterocycles. The van der Waals surface area contributed by atoms with Crippen LogP contribution in [-0.4, -0.2) is 82.1 Å². The normalized spacial score (nSPS) is 29.2. The molecule has 0 radical (unpaired) electrons. The smallest absolute Gasteiger partial charge is 0.220 e. The van der Waals surface area contributed by atoms with E-state index in [1.807, 2.05) is 0 Å². The minimum atomic E-state index is -3.07. The molecule has 148 valence electrons. The molecule has 0 bridgehead atoms. The molecular formula is C17H31N5O3S. The van der Waals surface area contributed by atoms with Crippen LogP contribution in [0.5, 0.6) is 0 Å². The molecule has 3 fully saturated rings. The molecule has 3 saturated heterocycles. The molecule has 1 spiro atoms. The highest BCUT2D eigenvalue weighted by Crippen LogP contribution is 2.36. The zero-order valence-corrected chi connectivity index (χ0v) is 16.6. The van der Waals surface area contributed by atoms with E-state index in [-0.39, 0.29) is 11.3 Å². The molecule has 9 heteroatoms. The van der Waals surface area contributed by atoms with Crippen molar-refractivity contribution < 1.29 is 13.2 Å². The molecule has 1 amide bonds. The van der Waals surface area contributed by atoms with Crippen LogP contribution >= 0.6 is 0 Å². The van der Waals surface area contributed by atoms with Crippen LogP contribution in [0.25, 0.3) is 0 Å². The molecule has 2 N–H and O–H groups in total. The fourth-order valence-electron chi connectivity index (χ4n) is 4.44. The number of piperidine rings is 2. The number of rotatable bonds is 3. The lowest BCUT2D eigenvalue weighted by molar-refractivity contribution is -0.119. The van der Waals surface area contributed by atoms with Gasteiger partial charge in [0.05, 0.1) is 6.26 Å². The Hall–Kier alpha value is -1.35. The first-order valence-electron chi connectivity index (χ1n) is 9.49. The standard InChI is InChI=1S/C17H31N5O3S/c1-18-16(19-11-14-4-8-22(9-5-14)26(2,24)25)21-7-3-6-17(13-21)10-15(23)20-12-17/h14H,3-13H2,1-2H3,(H,18,19)(H,20,23). The van der Waals surface area contributed by atoms with Crippen molar-refractivity contribution in [2.45, 2.75) is 32.1 Å². The first kappa shape index (κ1) is 19.4. The van der Waals surface area contributed by atoms with Gasteiger partial charge >= 0.3 is 0 Å². The Morgan fingerprint density at radius 2 is 2.08 bits per heavy atom. The molecule has 0 aromatic heterocycles. The third-order valence-corrected chi connectivity index (χ3v) is 7.26. The van der Waals surface area contributed by atoms with E-state index in [0.29, 0.717) is 25.4 Å². The van der Waals surface area contributed by atoms with Crippen molar-refractivity contribution in [3.8, 4) is 0 Å². The van der Waals surface area contributed by atoms with Gasteiger partial charge in [-0.05, 0) is 31.6 Å². The molecule has 3 aliphatic heterocycles. The molecule has 0 saturated carbocycles. The Labute approximate surface area is 156 Å². The van der Waals surface area contributed by atoms with Crippen LogP contribution < -0.4 is 10.6 Å². The van der Waals surface area contributed by atoms with Crippen LogP contribution in [-0.2, 0) is 14.8 Å². The zero-order chi connectivity index (χ0) is 18.8. The molecule has 26 heavy (non-hydrogen) atoms. The number of nitrogens with zero attached hydrogens (tertiary/aromatic N) is 3. The maximum absolute atomic E-state index is 11.7. The quantitative estimate of drug-likeness (QED) is 0.520. The SMILES string of the molecule is CN=C(NCC1CCN(S(C)(=O)=O)CC1)N1CCCC2(CNC(=O)C2)C1. The second-order valence-corrected chi connectivity index (χ2v) is 9.99. The summed E-state index contributed by atoms with van der Waals surface area (Å²) in [7, 11) is -1.27. The van der Waals surface area contributed by atoms with Crippen LogP contribution in [0, 0.1) is 11.3 Å². The molecule has 0 aromatic carbocycles. The molecule has 0 aliphatic carbocycles. The number of likely N-dealkylation sites (tertiary alicyclic amines) is 1. The predicted molar refractivity (Wildman–Crippen MR) is 101 cm³/mol. The first-order chi connectivity index (χ1) is 12.3. The molecule has 1 atom stereocenters. The highest BCUT2D eigenvalue weighted by molar-refractivity contribution is 7.88. The Kier molecular flexibility index (Phi) is 5.76. The van der Waals surface area contributed by atoms with Crippen molar-refractivity contribution in [2.24, 2.45) is 16.3 Å². The first-order valence-corrected chi connectivity index (χ1v) is 11.3. The Bertz CT molecular complexity index is 657. The van der Waals surface area contributed by atoms with Gasteiger partial charge in [-0.2, -0.15) is 0 Å². The third-order valence-electron chi connectivity index (χ3n) is 5.96. The number of amides is 1. The van der Waals surface area contributed by atoms with Gasteiger partial charge in [-0.3, -0.25) is 9.79 Å². The number of sulfonamides is 1. The van der Waals surface area contributed by atoms with Crippen molar-refractivity contribution >= 4 is 21.9 Å². The lowest BCUT2D eigenvalue weighted by Crippen LogP contribution is -2.52. The van der Waals surface area contributed by atoms with Gasteiger partial charge in [-0.25, -0.2) is 12.7 Å². The van der Waals surface area contributed by atoms with Gasteiger partial charge < -0.3 is 15.5 Å². The maximum atomic E-state index is 11.7. The zero-order valence-electron chi connectivity index (χ0n) is 15.8. The van der Waals surface area contributed by atoms with Crippen LogP contribution in [0.15, 0.2) is 4.99 Å². The van der Waals surface area contributed by atoms with E-state index in [0.717, 1.165) is 57.8 Å². The van der Waals surface area contributed by atoms with Crippen LogP contribution in [0.1, 0.15) is 32.1 Å². The monoisotopic (exact) mass is 385 g/mol. The van der Waals surface area contributed by atoms with Crippen molar-refractivity contribution in [1.82, 2.24) is 19.8 Å². The number of carbonyl (C=O) groups is 1. The van der Waals surface area contributed by atoms with Gasteiger partial charge in [0.25, 0.3) is 0 Å². The number of nitrogens with one attached hydrogen (secondary N) is 2. The number of aliphatic imine (C=N–C) groups is 1. The van der Waals surface area contributed by atoms with Gasteiger partial charge in [0.2, 0.25) is 15.9 Å². The summed E-state index contributed by atoms with van der Waals surface area (Å²) in [6, 6.07) is 0. The summed E-state index contributed by atoms with van der Waals surface area (Å²) in [6.45, 7) is 4.60. The summed E-state index contributed by atoms with van der Waals surface area (Å²) in [5, 5.41) is 6.46. The van der Waals surface area contributed by atoms with Crippen LogP contribution in [0.2, 0.25) is 0 Å². The summed E-state index contributed by atoms with van der Waals surface area (Å²) < 4.78 is 24.8. The van der Waals surface area contributed by atoms with E-state index < -0.39 is 10.0 Å². The third kappa shape index (κ3) is 4.49. The topological polar surface area (TPSA) is 94.1 Å². The fourth-order valence-corrected chi connectivity index (χ4v) is 5.32. The average Bonchev–Trinajstić information content (AvgIpc) is 2.95. The van der Waals surface area contributed by atoms with E-state index in [1.54, 1.807) is 11.4 Å². The van der Waals surface area contributed by atoms with E-state index in [2.05, 4.69) is 20.5 Å². The molecule has 8 nitrogen and oxygen atoms in total. The largest absolute Gasteiger partial charge is 0.356 e. The summed E-state index contributed by atoms with van der Waals surface area (Å²) in [6.07, 6.45) is 5.80. The van der Waals surface area contributed by atoms with E-state index in [4.69, 9.17) is 0 Å². The van der Waals surface area contributed by atoms with E-state index >= 15 is 0 Å². The van der Waals surface area contributed by atoms with E-state index in [1.165, 1.54) is 6.26 Å². The molecule has 0 aromatic rings. The summed E-state index contributed by atoms with van der Waals surface area (Å²) in [4.78, 5) is 18.4. The van der Waals surface area contributed by atoms with Crippen molar-refractivity contribution in [2.75, 3.05) is 52.6 Å². The fraction of sp³-hybridized carbons (Fsp3) is 0.882. The maximum Gasteiger partial charge on any atom is 0.220 e. The van der Waals surface area contributed by atoms with Gasteiger partial charge in [0.1, 0.15) is 0 Å². The number of carbonyl (C=O) groups excluding carboxylic acids is 1. The molecular weight excluding hydrogens is 354 g/mol. The molecule has 3 aliphatic rings. The van der Waals surface area contributed by atoms with Crippen molar-refractivity contribution in [1.29, 1.82) is 0 Å². The van der Waals surface area contributed by atoms with Crippen molar-refractivity contribution in [3.63, 3.8) is 0 Å². The van der Waals surface area contributed by atoms with Gasteiger partial charge in [0.15, 0.2) is 5.96 Å². The average molecular weight is 386 g/mol. The second-order valence-electron chi connectivity index (χ2n) is 8.01. The van der Waals surface area contributed by atoms with Gasteiger partial charge in [-0.1, -0.05) is 0 Å². The minimum Gasteiger partial charge on any atom is -0.356 e. The van der Waals surface area contributed by atoms with Gasteiger partial charge in [-0.15, -0.1) is 0 Å². The number of hydrogen-bond acceptors (Lipinski definition) is 4. The summed E-state index contributed by atoms with van der Waals surface area (Å²) >= 11 is 0. The van der Waals surface area contributed by atoms with Crippen molar-refractivity contribution in [3.05, 3.63) is 0 Å².